The summed E-state index contributed by atoms with van der Waals surface area (Å²) in [6.45, 7) is 5.40. The summed E-state index contributed by atoms with van der Waals surface area (Å²) in [4.78, 5) is 39.4. The standard InChI is InChI=1S/C16H22N2O6/c1-16(2,3)24-15(21)18-9-10(8-11(18)14(20)22-4)23-13-7-5-6-12(19)17-13/h5-7,10-11H,8-9H2,1-4H3,(H,17,19)/t10-,11+/m1/s1. The van der Waals surface area contributed by atoms with E-state index in [4.69, 9.17) is 14.2 Å². The zero-order valence-electron chi connectivity index (χ0n) is 14.2. The predicted octanol–water partition coefficient (Wildman–Crippen LogP) is 1.30. The third-order valence-corrected chi connectivity index (χ3v) is 3.40. The number of esters is 1. The Balaban J connectivity index is 2.13. The minimum Gasteiger partial charge on any atom is -0.474 e. The van der Waals surface area contributed by atoms with Crippen LogP contribution in [0.1, 0.15) is 27.2 Å². The van der Waals surface area contributed by atoms with Gasteiger partial charge in [-0.2, -0.15) is 0 Å². The number of carbonyl (C=O) groups excluding carboxylic acids is 2. The molecule has 1 saturated heterocycles. The van der Waals surface area contributed by atoms with Crippen LogP contribution >= 0.6 is 0 Å². The van der Waals surface area contributed by atoms with Gasteiger partial charge < -0.3 is 14.2 Å². The average Bonchev–Trinajstić information content (AvgIpc) is 2.88. The Morgan fingerprint density at radius 1 is 1.29 bits per heavy atom. The van der Waals surface area contributed by atoms with Crippen LogP contribution in [0.25, 0.3) is 0 Å². The van der Waals surface area contributed by atoms with E-state index in [2.05, 4.69) is 4.98 Å². The molecule has 0 aromatic carbocycles. The maximum absolute atomic E-state index is 12.3. The molecule has 24 heavy (non-hydrogen) atoms. The number of pyridine rings is 1. The molecule has 1 aliphatic heterocycles. The van der Waals surface area contributed by atoms with Crippen molar-refractivity contribution in [1.82, 2.24) is 9.88 Å². The number of H-pyrrole nitrogens is 1. The van der Waals surface area contributed by atoms with Crippen molar-refractivity contribution in [3.63, 3.8) is 0 Å². The molecular formula is C16H22N2O6. The maximum Gasteiger partial charge on any atom is 0.411 e. The van der Waals surface area contributed by atoms with Gasteiger partial charge in [-0.1, -0.05) is 6.07 Å². The van der Waals surface area contributed by atoms with E-state index in [1.54, 1.807) is 32.9 Å². The first-order chi connectivity index (χ1) is 11.2. The van der Waals surface area contributed by atoms with Gasteiger partial charge in [0.05, 0.1) is 13.7 Å². The normalized spacial score (nSPS) is 20.6. The van der Waals surface area contributed by atoms with Crippen LogP contribution in [0.5, 0.6) is 5.88 Å². The Morgan fingerprint density at radius 3 is 2.58 bits per heavy atom. The van der Waals surface area contributed by atoms with Gasteiger partial charge in [-0.3, -0.25) is 14.7 Å². The smallest absolute Gasteiger partial charge is 0.411 e. The fourth-order valence-electron chi connectivity index (χ4n) is 2.44. The number of aromatic nitrogens is 1. The zero-order chi connectivity index (χ0) is 17.9. The molecule has 1 aliphatic rings. The van der Waals surface area contributed by atoms with Crippen molar-refractivity contribution in [2.24, 2.45) is 0 Å². The molecule has 2 atom stereocenters. The van der Waals surface area contributed by atoms with Crippen LogP contribution in [0.3, 0.4) is 0 Å². The fraction of sp³-hybridized carbons (Fsp3) is 0.562. The van der Waals surface area contributed by atoms with Gasteiger partial charge in [0.15, 0.2) is 5.88 Å². The van der Waals surface area contributed by atoms with Crippen LogP contribution < -0.4 is 10.3 Å². The highest BCUT2D eigenvalue weighted by atomic mass is 16.6. The van der Waals surface area contributed by atoms with Crippen molar-refractivity contribution in [3.05, 3.63) is 28.6 Å². The van der Waals surface area contributed by atoms with Crippen molar-refractivity contribution < 1.29 is 23.8 Å². The summed E-state index contributed by atoms with van der Waals surface area (Å²) in [7, 11) is 1.26. The number of methoxy groups -OCH3 is 1. The number of nitrogens with zero attached hydrogens (tertiary/aromatic N) is 1. The number of hydrogen-bond donors (Lipinski definition) is 1. The number of aromatic amines is 1. The Morgan fingerprint density at radius 2 is 2.00 bits per heavy atom. The first-order valence-electron chi connectivity index (χ1n) is 7.63. The summed E-state index contributed by atoms with van der Waals surface area (Å²) in [6, 6.07) is 3.74. The largest absolute Gasteiger partial charge is 0.474 e. The minimum atomic E-state index is -0.787. The van der Waals surface area contributed by atoms with E-state index >= 15 is 0 Å². The molecule has 8 nitrogen and oxygen atoms in total. The Hall–Kier alpha value is -2.51. The number of ether oxygens (including phenoxy) is 3. The quantitative estimate of drug-likeness (QED) is 0.834. The molecular weight excluding hydrogens is 316 g/mol. The van der Waals surface area contributed by atoms with Crippen LogP contribution in [0.2, 0.25) is 0 Å². The first-order valence-corrected chi connectivity index (χ1v) is 7.63. The lowest BCUT2D eigenvalue weighted by molar-refractivity contribution is -0.145. The van der Waals surface area contributed by atoms with Crippen LogP contribution in [-0.2, 0) is 14.3 Å². The lowest BCUT2D eigenvalue weighted by Crippen LogP contribution is -2.44. The van der Waals surface area contributed by atoms with Gasteiger partial charge in [-0.25, -0.2) is 9.59 Å². The summed E-state index contributed by atoms with van der Waals surface area (Å²) < 4.78 is 15.8. The number of nitrogens with one attached hydrogen (secondary N) is 1. The second kappa shape index (κ2) is 6.94. The number of rotatable bonds is 3. The highest BCUT2D eigenvalue weighted by Crippen LogP contribution is 2.25. The topological polar surface area (TPSA) is 97.9 Å². The molecule has 0 aliphatic carbocycles. The predicted molar refractivity (Wildman–Crippen MR) is 84.8 cm³/mol. The molecule has 1 amide bonds. The van der Waals surface area contributed by atoms with E-state index in [1.165, 1.54) is 18.1 Å². The highest BCUT2D eigenvalue weighted by Gasteiger charge is 2.43. The molecule has 2 rings (SSSR count). The van der Waals surface area contributed by atoms with E-state index in [0.717, 1.165) is 0 Å². The molecule has 0 bridgehead atoms. The number of amides is 1. The Bertz CT molecular complexity index is 663. The lowest BCUT2D eigenvalue weighted by Gasteiger charge is -2.27. The third-order valence-electron chi connectivity index (χ3n) is 3.40. The molecule has 1 aromatic heterocycles. The van der Waals surface area contributed by atoms with E-state index in [9.17, 15) is 14.4 Å². The van der Waals surface area contributed by atoms with Crippen molar-refractivity contribution in [3.8, 4) is 5.88 Å². The van der Waals surface area contributed by atoms with Crippen molar-refractivity contribution >= 4 is 12.1 Å². The highest BCUT2D eigenvalue weighted by molar-refractivity contribution is 5.82. The molecule has 2 heterocycles. The number of likely N-dealkylation sites (tertiary alicyclic amines) is 1. The average molecular weight is 338 g/mol. The summed E-state index contributed by atoms with van der Waals surface area (Å²) in [5.74, 6) is -0.254. The van der Waals surface area contributed by atoms with Crippen molar-refractivity contribution in [2.75, 3.05) is 13.7 Å². The molecule has 8 heteroatoms. The molecule has 0 saturated carbocycles. The second-order valence-electron chi connectivity index (χ2n) is 6.53. The number of hydrogen-bond acceptors (Lipinski definition) is 6. The van der Waals surface area contributed by atoms with Gasteiger partial charge in [0.25, 0.3) is 5.56 Å². The van der Waals surface area contributed by atoms with Gasteiger partial charge in [-0.15, -0.1) is 0 Å². The van der Waals surface area contributed by atoms with Crippen molar-refractivity contribution in [1.29, 1.82) is 0 Å². The first kappa shape index (κ1) is 17.8. The number of carbonyl (C=O) groups is 2. The van der Waals surface area contributed by atoms with Crippen LogP contribution in [0, 0.1) is 0 Å². The molecule has 0 spiro atoms. The molecule has 0 unspecified atom stereocenters. The summed E-state index contributed by atoms with van der Waals surface area (Å²) >= 11 is 0. The van der Waals surface area contributed by atoms with Crippen LogP contribution in [0.15, 0.2) is 23.0 Å². The van der Waals surface area contributed by atoms with E-state index in [0.29, 0.717) is 0 Å². The van der Waals surface area contributed by atoms with Gasteiger partial charge in [-0.05, 0) is 26.8 Å². The molecule has 1 aromatic rings. The summed E-state index contributed by atoms with van der Waals surface area (Å²) in [5, 5.41) is 0. The summed E-state index contributed by atoms with van der Waals surface area (Å²) in [6.07, 6.45) is -0.812. The van der Waals surface area contributed by atoms with E-state index in [1.807, 2.05) is 0 Å². The van der Waals surface area contributed by atoms with E-state index in [-0.39, 0.29) is 24.4 Å². The minimum absolute atomic E-state index is 0.158. The second-order valence-corrected chi connectivity index (χ2v) is 6.53. The summed E-state index contributed by atoms with van der Waals surface area (Å²) in [5.41, 5.74) is -0.972. The van der Waals surface area contributed by atoms with Crippen LogP contribution in [-0.4, -0.2) is 53.3 Å². The SMILES string of the molecule is COC(=O)[C@@H]1C[C@@H](Oc2cccc(=O)[nH]2)CN1C(=O)OC(C)(C)C. The fourth-order valence-corrected chi connectivity index (χ4v) is 2.44. The van der Waals surface area contributed by atoms with E-state index < -0.39 is 29.8 Å². The monoisotopic (exact) mass is 338 g/mol. The van der Waals surface area contributed by atoms with Gasteiger partial charge in [0.1, 0.15) is 17.7 Å². The van der Waals surface area contributed by atoms with Crippen LogP contribution in [0.4, 0.5) is 4.79 Å². The molecule has 132 valence electrons. The Labute approximate surface area is 139 Å². The zero-order valence-corrected chi connectivity index (χ0v) is 14.2. The third kappa shape index (κ3) is 4.50. The lowest BCUT2D eigenvalue weighted by atomic mass is 10.2. The molecule has 0 radical (unpaired) electrons. The van der Waals surface area contributed by atoms with Gasteiger partial charge in [0, 0.05) is 12.5 Å². The maximum atomic E-state index is 12.3. The van der Waals surface area contributed by atoms with Gasteiger partial charge >= 0.3 is 12.1 Å². The van der Waals surface area contributed by atoms with Gasteiger partial charge in [0.2, 0.25) is 0 Å². The van der Waals surface area contributed by atoms with Crippen molar-refractivity contribution in [2.45, 2.75) is 44.9 Å². The Kier molecular flexibility index (Phi) is 5.16. The molecule has 1 N–H and O–H groups in total. The molecule has 1 fully saturated rings.